The maximum absolute atomic E-state index is 11.5. The number of hydrogen-bond donors (Lipinski definition) is 1. The number of phosphoric ester groups is 1. The van der Waals surface area contributed by atoms with Gasteiger partial charge in [-0.1, -0.05) is 0 Å². The normalized spacial score (nSPS) is 14.1. The maximum atomic E-state index is 11.5. The van der Waals surface area contributed by atoms with Gasteiger partial charge in [-0.25, -0.2) is 4.57 Å². The fourth-order valence-electron chi connectivity index (χ4n) is 0.897. The van der Waals surface area contributed by atoms with Crippen LogP contribution in [0.2, 0.25) is 0 Å². The van der Waals surface area contributed by atoms with Crippen LogP contribution < -0.4 is 0 Å². The second-order valence-corrected chi connectivity index (χ2v) is 7.62. The number of hydrogen-bond acceptors (Lipinski definition) is 3. The van der Waals surface area contributed by atoms with Gasteiger partial charge in [0.1, 0.15) is 26.3 Å². The Bertz CT molecular complexity index is 246. The molecule has 0 saturated carbocycles. The Balaban J connectivity index is 3.85. The number of quaternary nitrogens is 2. The predicted molar refractivity (Wildman–Crippen MR) is 67.5 cm³/mol. The van der Waals surface area contributed by atoms with E-state index in [2.05, 4.69) is 0 Å². The van der Waals surface area contributed by atoms with E-state index in [0.717, 1.165) is 0 Å². The van der Waals surface area contributed by atoms with Crippen molar-refractivity contribution >= 4 is 7.82 Å². The summed E-state index contributed by atoms with van der Waals surface area (Å²) < 4.78 is 22.6. The molecule has 0 heterocycles. The third-order valence-corrected chi connectivity index (χ3v) is 3.05. The fraction of sp³-hybridized carbons (Fsp3) is 1.00. The first-order valence-corrected chi connectivity index (χ1v) is 7.14. The highest BCUT2D eigenvalue weighted by Gasteiger charge is 2.23. The number of rotatable bonds is 8. The molecule has 0 unspecified atom stereocenters. The van der Waals surface area contributed by atoms with Crippen molar-refractivity contribution in [3.63, 3.8) is 0 Å². The molecule has 7 heteroatoms. The second-order valence-electron chi connectivity index (χ2n) is 6.16. The molecule has 0 fully saturated rings. The first-order valence-electron chi connectivity index (χ1n) is 5.64. The molecule has 0 amide bonds. The zero-order chi connectivity index (χ0) is 13.7. The van der Waals surface area contributed by atoms with Gasteiger partial charge in [0, 0.05) is 0 Å². The van der Waals surface area contributed by atoms with Crippen molar-refractivity contribution in [2.75, 3.05) is 68.6 Å². The van der Waals surface area contributed by atoms with E-state index >= 15 is 0 Å². The molecule has 0 aromatic carbocycles. The summed E-state index contributed by atoms with van der Waals surface area (Å²) in [6.07, 6.45) is 0. The molecule has 0 radical (unpaired) electrons. The van der Waals surface area contributed by atoms with Gasteiger partial charge in [0.05, 0.1) is 42.3 Å². The average molecular weight is 270 g/mol. The van der Waals surface area contributed by atoms with Gasteiger partial charge in [-0.3, -0.25) is 9.05 Å². The van der Waals surface area contributed by atoms with Gasteiger partial charge in [-0.2, -0.15) is 0 Å². The van der Waals surface area contributed by atoms with Crippen LogP contribution in [0.4, 0.5) is 0 Å². The van der Waals surface area contributed by atoms with E-state index in [0.29, 0.717) is 22.1 Å². The van der Waals surface area contributed by atoms with Gasteiger partial charge in [0.2, 0.25) is 0 Å². The molecule has 0 atom stereocenters. The quantitative estimate of drug-likeness (QED) is 0.516. The van der Waals surface area contributed by atoms with Crippen LogP contribution in [0.3, 0.4) is 0 Å². The van der Waals surface area contributed by atoms with Crippen LogP contribution in [0, 0.1) is 0 Å². The van der Waals surface area contributed by atoms with Crippen LogP contribution in [-0.4, -0.2) is 82.4 Å². The number of nitrogens with zero attached hydrogens (tertiary/aromatic N) is 2. The van der Waals surface area contributed by atoms with E-state index in [1.54, 1.807) is 0 Å². The zero-order valence-electron chi connectivity index (χ0n) is 11.8. The van der Waals surface area contributed by atoms with E-state index in [-0.39, 0.29) is 13.2 Å². The molecule has 0 aliphatic heterocycles. The largest absolute Gasteiger partial charge is 0.472 e. The highest BCUT2D eigenvalue weighted by molar-refractivity contribution is 7.47. The van der Waals surface area contributed by atoms with Gasteiger partial charge < -0.3 is 13.9 Å². The smallest absolute Gasteiger partial charge is 0.329 e. The fourth-order valence-corrected chi connectivity index (χ4v) is 1.60. The van der Waals surface area contributed by atoms with Crippen LogP contribution in [0.15, 0.2) is 0 Å². The van der Waals surface area contributed by atoms with Crippen LogP contribution in [0.25, 0.3) is 0 Å². The van der Waals surface area contributed by atoms with Gasteiger partial charge in [-0.15, -0.1) is 0 Å². The first-order chi connectivity index (χ1) is 7.41. The Kier molecular flexibility index (Phi) is 6.28. The Hall–Kier alpha value is 0.0300. The Morgan fingerprint density at radius 2 is 1.18 bits per heavy atom. The lowest BCUT2D eigenvalue weighted by Crippen LogP contribution is -2.38. The molecule has 0 spiro atoms. The van der Waals surface area contributed by atoms with Gasteiger partial charge in [0.25, 0.3) is 0 Å². The minimum Gasteiger partial charge on any atom is -0.329 e. The monoisotopic (exact) mass is 270 g/mol. The molecule has 6 nitrogen and oxygen atoms in total. The van der Waals surface area contributed by atoms with Crippen LogP contribution in [-0.2, 0) is 13.6 Å². The van der Waals surface area contributed by atoms with Crippen molar-refractivity contribution in [1.82, 2.24) is 0 Å². The Labute approximate surface area is 105 Å². The molecule has 0 rings (SSSR count). The summed E-state index contributed by atoms with van der Waals surface area (Å²) in [6.45, 7) is 1.73. The van der Waals surface area contributed by atoms with Gasteiger partial charge >= 0.3 is 7.82 Å². The number of likely N-dealkylation sites (N-methyl/N-ethyl adjacent to an activating group) is 2. The topological polar surface area (TPSA) is 55.8 Å². The Morgan fingerprint density at radius 3 is 1.41 bits per heavy atom. The Morgan fingerprint density at radius 1 is 0.882 bits per heavy atom. The molecular formula is C10H27N2O4P+2. The maximum Gasteiger partial charge on any atom is 0.472 e. The average Bonchev–Trinajstić information content (AvgIpc) is 1.96. The molecule has 1 N–H and O–H groups in total. The van der Waals surface area contributed by atoms with Crippen molar-refractivity contribution in [3.05, 3.63) is 0 Å². The standard InChI is InChI=1S/C10H26N2O4P/c1-11(2,3)7-9-15-17(13,14)16-10-8-12(4,5)6/h7-10H2,1-6H3/q+1/p+1. The molecule has 0 aromatic rings. The van der Waals surface area contributed by atoms with Crippen molar-refractivity contribution < 1.29 is 27.5 Å². The first kappa shape index (κ1) is 17.0. The lowest BCUT2D eigenvalue weighted by molar-refractivity contribution is -0.870. The van der Waals surface area contributed by atoms with Crippen LogP contribution in [0.5, 0.6) is 0 Å². The van der Waals surface area contributed by atoms with E-state index in [4.69, 9.17) is 9.05 Å². The molecule has 0 bridgehead atoms. The molecule has 17 heavy (non-hydrogen) atoms. The summed E-state index contributed by atoms with van der Waals surface area (Å²) in [5.41, 5.74) is 0. The van der Waals surface area contributed by atoms with Gasteiger partial charge in [0.15, 0.2) is 0 Å². The van der Waals surface area contributed by atoms with Crippen LogP contribution in [0.1, 0.15) is 0 Å². The van der Waals surface area contributed by atoms with Gasteiger partial charge in [-0.05, 0) is 0 Å². The molecule has 0 aliphatic rings. The molecule has 0 aromatic heterocycles. The lowest BCUT2D eigenvalue weighted by Gasteiger charge is -2.25. The summed E-state index contributed by atoms with van der Waals surface area (Å²) in [4.78, 5) is 9.41. The SMILES string of the molecule is C[N+](C)(C)CCOP(=O)(O)OCC[N+](C)(C)C. The van der Waals surface area contributed by atoms with Crippen molar-refractivity contribution in [3.8, 4) is 0 Å². The van der Waals surface area contributed by atoms with Crippen molar-refractivity contribution in [2.45, 2.75) is 0 Å². The third kappa shape index (κ3) is 12.3. The highest BCUT2D eigenvalue weighted by Crippen LogP contribution is 2.42. The highest BCUT2D eigenvalue weighted by atomic mass is 31.2. The zero-order valence-corrected chi connectivity index (χ0v) is 12.7. The molecule has 104 valence electrons. The van der Waals surface area contributed by atoms with E-state index in [1.807, 2.05) is 42.3 Å². The minimum absolute atomic E-state index is 0.210. The molecule has 0 aliphatic carbocycles. The summed E-state index contributed by atoms with van der Waals surface area (Å²) in [6, 6.07) is 0. The second kappa shape index (κ2) is 6.27. The van der Waals surface area contributed by atoms with E-state index < -0.39 is 7.82 Å². The third-order valence-electron chi connectivity index (χ3n) is 2.03. The molecule has 0 saturated heterocycles. The summed E-state index contributed by atoms with van der Waals surface area (Å²) >= 11 is 0. The lowest BCUT2D eigenvalue weighted by atomic mass is 10.5. The van der Waals surface area contributed by atoms with E-state index in [1.165, 1.54) is 0 Å². The number of phosphoric acid groups is 1. The summed E-state index contributed by atoms with van der Waals surface area (Å²) in [5, 5.41) is 0. The van der Waals surface area contributed by atoms with Crippen molar-refractivity contribution in [1.29, 1.82) is 0 Å². The predicted octanol–water partition coefficient (Wildman–Crippen LogP) is 0.532. The summed E-state index contributed by atoms with van der Waals surface area (Å²) in [5.74, 6) is 0. The summed E-state index contributed by atoms with van der Waals surface area (Å²) in [7, 11) is 8.05. The van der Waals surface area contributed by atoms with E-state index in [9.17, 15) is 9.46 Å². The minimum atomic E-state index is -3.88. The van der Waals surface area contributed by atoms with Crippen LogP contribution >= 0.6 is 7.82 Å². The molecular weight excluding hydrogens is 243 g/mol. The van der Waals surface area contributed by atoms with Crippen molar-refractivity contribution in [2.24, 2.45) is 0 Å².